The van der Waals surface area contributed by atoms with E-state index in [2.05, 4.69) is 6.92 Å². The van der Waals surface area contributed by atoms with Gasteiger partial charge in [-0.05, 0) is 91.9 Å². The average molecular weight is 495 g/mol. The summed E-state index contributed by atoms with van der Waals surface area (Å²) < 4.78 is 5.35. The molecule has 5 rings (SSSR count). The van der Waals surface area contributed by atoms with Crippen molar-refractivity contribution >= 4 is 17.5 Å². The molecule has 1 aromatic rings. The molecule has 0 bridgehead atoms. The van der Waals surface area contributed by atoms with Crippen molar-refractivity contribution in [2.45, 2.75) is 83.8 Å². The maximum atomic E-state index is 13.4. The van der Waals surface area contributed by atoms with Crippen molar-refractivity contribution in [3.05, 3.63) is 47.0 Å². The molecule has 3 unspecified atom stereocenters. The van der Waals surface area contributed by atoms with Gasteiger partial charge in [0.15, 0.2) is 12.4 Å². The van der Waals surface area contributed by atoms with Gasteiger partial charge in [-0.2, -0.15) is 0 Å². The summed E-state index contributed by atoms with van der Waals surface area (Å²) in [6.45, 7) is 5.67. The van der Waals surface area contributed by atoms with E-state index in [9.17, 15) is 24.6 Å². The highest BCUT2D eigenvalue weighted by molar-refractivity contribution is 5.94. The summed E-state index contributed by atoms with van der Waals surface area (Å²) in [6.07, 6.45) is 6.26. The number of benzene rings is 1. The lowest BCUT2D eigenvalue weighted by Gasteiger charge is -2.60. The molecule has 0 heterocycles. The van der Waals surface area contributed by atoms with Crippen LogP contribution in [0.15, 0.2) is 35.9 Å². The molecule has 3 fully saturated rings. The highest BCUT2D eigenvalue weighted by Crippen LogP contribution is 2.67. The van der Waals surface area contributed by atoms with Crippen LogP contribution in [0, 0.1) is 28.6 Å². The molecule has 3 saturated carbocycles. The first-order valence-electron chi connectivity index (χ1n) is 13.5. The Kier molecular flexibility index (Phi) is 6.27. The van der Waals surface area contributed by atoms with Crippen LogP contribution in [0.3, 0.4) is 0 Å². The van der Waals surface area contributed by atoms with Crippen LogP contribution in [-0.2, 0) is 20.7 Å². The van der Waals surface area contributed by atoms with Crippen LogP contribution < -0.4 is 0 Å². The van der Waals surface area contributed by atoms with Gasteiger partial charge in [0.2, 0.25) is 5.78 Å². The lowest BCUT2D eigenvalue weighted by Crippen LogP contribution is -2.62. The number of esters is 1. The van der Waals surface area contributed by atoms with E-state index >= 15 is 0 Å². The first-order chi connectivity index (χ1) is 17.0. The summed E-state index contributed by atoms with van der Waals surface area (Å²) in [5.41, 5.74) is -0.00708. The van der Waals surface area contributed by atoms with Crippen molar-refractivity contribution in [1.82, 2.24) is 0 Å². The van der Waals surface area contributed by atoms with Gasteiger partial charge in [0.1, 0.15) is 5.60 Å². The number of carbonyl (C=O) groups excluding carboxylic acids is 3. The zero-order valence-corrected chi connectivity index (χ0v) is 21.6. The molecular weight excluding hydrogens is 456 g/mol. The minimum atomic E-state index is -1.64. The Labute approximate surface area is 213 Å². The monoisotopic (exact) mass is 494 g/mol. The fourth-order valence-corrected chi connectivity index (χ4v) is 8.36. The Morgan fingerprint density at radius 2 is 1.81 bits per heavy atom. The Balaban J connectivity index is 1.33. The SMILES string of the molecule is CCc1ccc(C(=O)OCC(=O)[C@@]2(O)CCC3C4CCC5=CC(=O)CC[C@]5(C)C4[C@@H](O)C[C@@]32C)cc1. The van der Waals surface area contributed by atoms with Crippen LogP contribution in [-0.4, -0.2) is 46.1 Å². The van der Waals surface area contributed by atoms with Gasteiger partial charge in [-0.15, -0.1) is 0 Å². The van der Waals surface area contributed by atoms with E-state index in [0.29, 0.717) is 31.2 Å². The number of ketones is 2. The maximum Gasteiger partial charge on any atom is 0.338 e. The van der Waals surface area contributed by atoms with Gasteiger partial charge in [-0.1, -0.05) is 38.5 Å². The van der Waals surface area contributed by atoms with Crippen molar-refractivity contribution in [2.24, 2.45) is 28.6 Å². The smallest absolute Gasteiger partial charge is 0.338 e. The molecule has 4 aliphatic rings. The molecule has 0 radical (unpaired) electrons. The predicted molar refractivity (Wildman–Crippen MR) is 134 cm³/mol. The predicted octanol–water partition coefficient (Wildman–Crippen LogP) is 4.21. The average Bonchev–Trinajstić information content (AvgIpc) is 3.13. The second kappa shape index (κ2) is 8.91. The van der Waals surface area contributed by atoms with Crippen LogP contribution in [0.25, 0.3) is 0 Å². The van der Waals surface area contributed by atoms with Crippen molar-refractivity contribution in [3.63, 3.8) is 0 Å². The van der Waals surface area contributed by atoms with E-state index in [-0.39, 0.29) is 29.0 Å². The summed E-state index contributed by atoms with van der Waals surface area (Å²) in [7, 11) is 0. The number of Topliss-reactive ketones (excluding diaryl/α,β-unsaturated/α-hetero) is 1. The Bertz CT molecular complexity index is 1100. The first kappa shape index (κ1) is 25.3. The number of aliphatic hydroxyl groups is 2. The van der Waals surface area contributed by atoms with Crippen LogP contribution in [0.5, 0.6) is 0 Å². The lowest BCUT2D eigenvalue weighted by atomic mass is 9.45. The molecule has 0 amide bonds. The maximum absolute atomic E-state index is 13.4. The molecular formula is C30H38O6. The fraction of sp³-hybridized carbons (Fsp3) is 0.633. The lowest BCUT2D eigenvalue weighted by molar-refractivity contribution is -0.182. The number of aryl methyl sites for hydroxylation is 1. The molecule has 0 spiro atoms. The van der Waals surface area contributed by atoms with E-state index < -0.39 is 35.5 Å². The van der Waals surface area contributed by atoms with Crippen molar-refractivity contribution in [2.75, 3.05) is 6.61 Å². The number of aliphatic hydroxyl groups excluding tert-OH is 1. The van der Waals surface area contributed by atoms with E-state index in [1.165, 1.54) is 0 Å². The molecule has 7 atom stereocenters. The number of carbonyl (C=O) groups is 3. The van der Waals surface area contributed by atoms with E-state index in [0.717, 1.165) is 36.8 Å². The molecule has 194 valence electrons. The molecule has 4 aliphatic carbocycles. The molecule has 0 saturated heterocycles. The third-order valence-electron chi connectivity index (χ3n) is 10.4. The van der Waals surface area contributed by atoms with E-state index in [4.69, 9.17) is 4.74 Å². The molecule has 0 aliphatic heterocycles. The zero-order valence-electron chi connectivity index (χ0n) is 21.6. The second-order valence-corrected chi connectivity index (χ2v) is 12.0. The van der Waals surface area contributed by atoms with E-state index in [1.54, 1.807) is 18.2 Å². The quantitative estimate of drug-likeness (QED) is 0.595. The number of rotatable bonds is 5. The third-order valence-corrected chi connectivity index (χ3v) is 10.4. The number of fused-ring (bicyclic) bond motifs is 5. The summed E-state index contributed by atoms with van der Waals surface area (Å²) in [5, 5.41) is 23.3. The van der Waals surface area contributed by atoms with Gasteiger partial charge >= 0.3 is 5.97 Å². The molecule has 6 nitrogen and oxygen atoms in total. The highest BCUT2D eigenvalue weighted by Gasteiger charge is 2.68. The van der Waals surface area contributed by atoms with Crippen LogP contribution in [0.4, 0.5) is 0 Å². The van der Waals surface area contributed by atoms with Crippen LogP contribution in [0.2, 0.25) is 0 Å². The second-order valence-electron chi connectivity index (χ2n) is 12.0. The third kappa shape index (κ3) is 3.71. The highest BCUT2D eigenvalue weighted by atomic mass is 16.5. The molecule has 6 heteroatoms. The molecule has 1 aromatic carbocycles. The summed E-state index contributed by atoms with van der Waals surface area (Å²) in [5.74, 6) is -0.603. The molecule has 0 aromatic heterocycles. The summed E-state index contributed by atoms with van der Waals surface area (Å²) in [6, 6.07) is 7.11. The van der Waals surface area contributed by atoms with Crippen molar-refractivity contribution < 1.29 is 29.3 Å². The number of hydrogen-bond donors (Lipinski definition) is 2. The van der Waals surface area contributed by atoms with Crippen molar-refractivity contribution in [3.8, 4) is 0 Å². The Hall–Kier alpha value is -2.31. The topological polar surface area (TPSA) is 101 Å². The van der Waals surface area contributed by atoms with Gasteiger partial charge in [0.05, 0.1) is 11.7 Å². The van der Waals surface area contributed by atoms with Crippen molar-refractivity contribution in [1.29, 1.82) is 0 Å². The number of allylic oxidation sites excluding steroid dienone is 1. The summed E-state index contributed by atoms with van der Waals surface area (Å²) >= 11 is 0. The van der Waals surface area contributed by atoms with Gasteiger partial charge in [-0.25, -0.2) is 4.79 Å². The fourth-order valence-electron chi connectivity index (χ4n) is 8.36. The minimum Gasteiger partial charge on any atom is -0.454 e. The minimum absolute atomic E-state index is 0.0186. The standard InChI is InChI=1S/C30H38O6/c1-4-18-5-7-19(8-6-18)27(34)36-17-25(33)30(35)14-12-23-22-10-9-20-15-21(31)11-13-28(20,2)26(22)24(32)16-29(23,30)3/h5-8,15,22-24,26,32,35H,4,9-14,16-17H2,1-3H3/t22?,23?,24-,26?,28-,29-,30-/m0/s1. The number of ether oxygens (including phenoxy) is 1. The zero-order chi connectivity index (χ0) is 25.9. The molecule has 2 N–H and O–H groups in total. The number of hydrogen-bond acceptors (Lipinski definition) is 6. The van der Waals surface area contributed by atoms with Crippen LogP contribution >= 0.6 is 0 Å². The van der Waals surface area contributed by atoms with Gasteiger partial charge in [-0.3, -0.25) is 9.59 Å². The van der Waals surface area contributed by atoms with Crippen LogP contribution in [0.1, 0.15) is 81.6 Å². The van der Waals surface area contributed by atoms with E-state index in [1.807, 2.05) is 26.0 Å². The normalized spacial score (nSPS) is 39.5. The van der Waals surface area contributed by atoms with Gasteiger partial charge in [0.25, 0.3) is 0 Å². The largest absolute Gasteiger partial charge is 0.454 e. The van der Waals surface area contributed by atoms with Gasteiger partial charge in [0, 0.05) is 11.8 Å². The Morgan fingerprint density at radius 3 is 2.50 bits per heavy atom. The first-order valence-corrected chi connectivity index (χ1v) is 13.5. The van der Waals surface area contributed by atoms with Gasteiger partial charge < -0.3 is 14.9 Å². The molecule has 36 heavy (non-hydrogen) atoms. The Morgan fingerprint density at radius 1 is 1.08 bits per heavy atom. The summed E-state index contributed by atoms with van der Waals surface area (Å²) in [4.78, 5) is 38.0.